The maximum atomic E-state index is 10.9. The summed E-state index contributed by atoms with van der Waals surface area (Å²) in [4.78, 5) is 10.9. The first-order valence-corrected chi connectivity index (χ1v) is 6.35. The lowest BCUT2D eigenvalue weighted by atomic mass is 9.99. The zero-order valence-electron chi connectivity index (χ0n) is 10.9. The summed E-state index contributed by atoms with van der Waals surface area (Å²) in [6.45, 7) is 6.93. The number of aromatic nitrogens is 2. The number of unbranched alkanes of at least 4 members (excludes halogenated alkanes) is 1. The lowest BCUT2D eigenvalue weighted by Crippen LogP contribution is -2.10. The van der Waals surface area contributed by atoms with Crippen LogP contribution in [0.5, 0.6) is 0 Å². The van der Waals surface area contributed by atoms with Gasteiger partial charge >= 0.3 is 5.97 Å². The first-order chi connectivity index (χ1) is 8.08. The van der Waals surface area contributed by atoms with Crippen molar-refractivity contribution in [3.63, 3.8) is 0 Å². The van der Waals surface area contributed by atoms with Crippen LogP contribution in [0.25, 0.3) is 0 Å². The molecule has 0 aliphatic heterocycles. The quantitative estimate of drug-likeness (QED) is 0.794. The molecule has 1 N–H and O–H groups in total. The third-order valence-electron chi connectivity index (χ3n) is 3.17. The Morgan fingerprint density at radius 2 is 2.24 bits per heavy atom. The molecule has 0 amide bonds. The van der Waals surface area contributed by atoms with Crippen LogP contribution in [0.1, 0.15) is 55.6 Å². The van der Waals surface area contributed by atoms with Gasteiger partial charge in [-0.25, -0.2) is 4.79 Å². The molecule has 4 nitrogen and oxygen atoms in total. The molecule has 0 aliphatic rings. The Balaban J connectivity index is 2.66. The normalized spacial score (nSPS) is 12.6. The largest absolute Gasteiger partial charge is 0.478 e. The molecule has 96 valence electrons. The summed E-state index contributed by atoms with van der Waals surface area (Å²) in [7, 11) is 0. The van der Waals surface area contributed by atoms with E-state index in [9.17, 15) is 4.79 Å². The molecule has 0 aromatic carbocycles. The summed E-state index contributed by atoms with van der Waals surface area (Å²) < 4.78 is 1.78. The minimum absolute atomic E-state index is 0.315. The van der Waals surface area contributed by atoms with E-state index < -0.39 is 5.97 Å². The molecule has 0 bridgehead atoms. The average Bonchev–Trinajstić information content (AvgIpc) is 2.65. The topological polar surface area (TPSA) is 55.1 Å². The summed E-state index contributed by atoms with van der Waals surface area (Å²) in [5.41, 5.74) is 0.915. The van der Waals surface area contributed by atoms with Gasteiger partial charge in [-0.05, 0) is 19.3 Å². The van der Waals surface area contributed by atoms with Crippen LogP contribution in [0.3, 0.4) is 0 Å². The van der Waals surface area contributed by atoms with Crippen molar-refractivity contribution in [1.29, 1.82) is 0 Å². The molecule has 17 heavy (non-hydrogen) atoms. The van der Waals surface area contributed by atoms with Crippen LogP contribution in [0.4, 0.5) is 0 Å². The van der Waals surface area contributed by atoms with Gasteiger partial charge in [0.15, 0.2) is 0 Å². The maximum absolute atomic E-state index is 10.9. The third-order valence-corrected chi connectivity index (χ3v) is 3.17. The minimum atomic E-state index is -0.893. The number of rotatable bonds is 7. The van der Waals surface area contributed by atoms with Crippen LogP contribution in [0.15, 0.2) is 6.20 Å². The van der Waals surface area contributed by atoms with Crippen LogP contribution < -0.4 is 0 Å². The maximum Gasteiger partial charge on any atom is 0.339 e. The van der Waals surface area contributed by atoms with Crippen molar-refractivity contribution in [3.8, 4) is 0 Å². The van der Waals surface area contributed by atoms with Crippen molar-refractivity contribution < 1.29 is 9.90 Å². The van der Waals surface area contributed by atoms with Gasteiger partial charge in [-0.2, -0.15) is 5.10 Å². The highest BCUT2D eigenvalue weighted by Gasteiger charge is 2.14. The van der Waals surface area contributed by atoms with Crippen LogP contribution in [-0.2, 0) is 6.54 Å². The highest BCUT2D eigenvalue weighted by atomic mass is 16.4. The predicted octanol–water partition coefficient (Wildman–Crippen LogP) is 3.11. The molecule has 0 spiro atoms. The second-order valence-electron chi connectivity index (χ2n) is 4.57. The van der Waals surface area contributed by atoms with E-state index in [1.807, 2.05) is 0 Å². The van der Waals surface area contributed by atoms with Gasteiger partial charge in [-0.15, -0.1) is 0 Å². The minimum Gasteiger partial charge on any atom is -0.478 e. The molecule has 1 aromatic rings. The molecule has 0 radical (unpaired) electrons. The lowest BCUT2D eigenvalue weighted by molar-refractivity contribution is 0.0696. The van der Waals surface area contributed by atoms with E-state index >= 15 is 0 Å². The predicted molar refractivity (Wildman–Crippen MR) is 67.2 cm³/mol. The number of hydrogen-bond acceptors (Lipinski definition) is 2. The zero-order chi connectivity index (χ0) is 12.8. The first-order valence-electron chi connectivity index (χ1n) is 6.35. The van der Waals surface area contributed by atoms with Gasteiger partial charge in [0.1, 0.15) is 5.56 Å². The van der Waals surface area contributed by atoms with E-state index in [1.54, 1.807) is 17.8 Å². The Labute approximate surface area is 103 Å². The van der Waals surface area contributed by atoms with Gasteiger partial charge in [0.05, 0.1) is 5.69 Å². The van der Waals surface area contributed by atoms with E-state index in [-0.39, 0.29) is 0 Å². The van der Waals surface area contributed by atoms with Crippen molar-refractivity contribution in [2.75, 3.05) is 0 Å². The van der Waals surface area contributed by atoms with E-state index in [2.05, 4.69) is 18.9 Å². The van der Waals surface area contributed by atoms with Crippen LogP contribution >= 0.6 is 0 Å². The van der Waals surface area contributed by atoms with Gasteiger partial charge in [0.25, 0.3) is 0 Å². The standard InChI is InChI=1S/C13H22N2O2/c1-4-6-7-11(5-2)8-15-9-12(13(16)17)10(3)14-15/h9,11H,4-8H2,1-3H3,(H,16,17). The number of nitrogens with zero attached hydrogens (tertiary/aromatic N) is 2. The smallest absolute Gasteiger partial charge is 0.339 e. The molecular formula is C13H22N2O2. The SMILES string of the molecule is CCCCC(CC)Cn1cc(C(=O)O)c(C)n1. The van der Waals surface area contributed by atoms with Gasteiger partial charge < -0.3 is 5.11 Å². The molecule has 0 fully saturated rings. The Hall–Kier alpha value is -1.32. The van der Waals surface area contributed by atoms with Gasteiger partial charge in [-0.3, -0.25) is 4.68 Å². The summed E-state index contributed by atoms with van der Waals surface area (Å²) in [5.74, 6) is -0.300. The van der Waals surface area contributed by atoms with Gasteiger partial charge in [0, 0.05) is 12.7 Å². The van der Waals surface area contributed by atoms with Gasteiger partial charge in [0.2, 0.25) is 0 Å². The molecule has 0 aliphatic carbocycles. The summed E-state index contributed by atoms with van der Waals surface area (Å²) >= 11 is 0. The molecule has 1 rings (SSSR count). The molecule has 4 heteroatoms. The fourth-order valence-corrected chi connectivity index (χ4v) is 2.00. The van der Waals surface area contributed by atoms with Crippen molar-refractivity contribution in [1.82, 2.24) is 9.78 Å². The Kier molecular flexibility index (Phi) is 5.19. The highest BCUT2D eigenvalue weighted by molar-refractivity contribution is 5.88. The molecule has 1 aromatic heterocycles. The number of carbonyl (C=O) groups is 1. The Morgan fingerprint density at radius 3 is 2.71 bits per heavy atom. The first kappa shape index (κ1) is 13.7. The molecule has 0 saturated heterocycles. The van der Waals surface area contributed by atoms with E-state index in [1.165, 1.54) is 19.3 Å². The summed E-state index contributed by atoms with van der Waals surface area (Å²) in [6, 6.07) is 0. The monoisotopic (exact) mass is 238 g/mol. The second-order valence-corrected chi connectivity index (χ2v) is 4.57. The molecule has 1 unspecified atom stereocenters. The Bertz CT molecular complexity index is 371. The van der Waals surface area contributed by atoms with E-state index in [0.29, 0.717) is 17.2 Å². The molecule has 1 atom stereocenters. The van der Waals surface area contributed by atoms with Crippen molar-refractivity contribution in [3.05, 3.63) is 17.5 Å². The van der Waals surface area contributed by atoms with Crippen LogP contribution in [-0.4, -0.2) is 20.9 Å². The fourth-order valence-electron chi connectivity index (χ4n) is 2.00. The van der Waals surface area contributed by atoms with Crippen molar-refractivity contribution in [2.45, 2.75) is 53.0 Å². The lowest BCUT2D eigenvalue weighted by Gasteiger charge is -2.14. The molecule has 1 heterocycles. The van der Waals surface area contributed by atoms with E-state index in [0.717, 1.165) is 13.0 Å². The Morgan fingerprint density at radius 1 is 1.53 bits per heavy atom. The highest BCUT2D eigenvalue weighted by Crippen LogP contribution is 2.16. The molecular weight excluding hydrogens is 216 g/mol. The third kappa shape index (κ3) is 3.88. The number of aryl methyl sites for hydroxylation is 1. The van der Waals surface area contributed by atoms with Gasteiger partial charge in [-0.1, -0.05) is 33.1 Å². The van der Waals surface area contributed by atoms with Crippen molar-refractivity contribution in [2.24, 2.45) is 5.92 Å². The number of aromatic carboxylic acids is 1. The second kappa shape index (κ2) is 6.42. The average molecular weight is 238 g/mol. The van der Waals surface area contributed by atoms with Crippen LogP contribution in [0, 0.1) is 12.8 Å². The molecule has 0 saturated carbocycles. The fraction of sp³-hybridized carbons (Fsp3) is 0.692. The van der Waals surface area contributed by atoms with Crippen LogP contribution in [0.2, 0.25) is 0 Å². The summed E-state index contributed by atoms with van der Waals surface area (Å²) in [5, 5.41) is 13.2. The number of carboxylic acid groups (broad SMARTS) is 1. The number of carboxylic acids is 1. The zero-order valence-corrected chi connectivity index (χ0v) is 10.9. The van der Waals surface area contributed by atoms with E-state index in [4.69, 9.17) is 5.11 Å². The number of hydrogen-bond donors (Lipinski definition) is 1. The van der Waals surface area contributed by atoms with Crippen molar-refractivity contribution >= 4 is 5.97 Å². The summed E-state index contributed by atoms with van der Waals surface area (Å²) in [6.07, 6.45) is 6.38.